The SMILES string of the molecule is CC(Oc1ccc(Cl)cc1Cl)C(=O)N1CC(=O)N(c2ccc(F)cc2)C1=O. The second-order valence-corrected chi connectivity index (χ2v) is 6.59. The molecule has 0 N–H and O–H groups in total. The lowest BCUT2D eigenvalue weighted by Gasteiger charge is -2.20. The zero-order chi connectivity index (χ0) is 19.7. The zero-order valence-electron chi connectivity index (χ0n) is 14.0. The first-order chi connectivity index (χ1) is 12.8. The van der Waals surface area contributed by atoms with Crippen LogP contribution < -0.4 is 9.64 Å². The van der Waals surface area contributed by atoms with Gasteiger partial charge in [0, 0.05) is 5.02 Å². The Bertz CT molecular complexity index is 920. The normalized spacial score (nSPS) is 15.3. The maximum atomic E-state index is 13.1. The van der Waals surface area contributed by atoms with Gasteiger partial charge in [-0.3, -0.25) is 14.5 Å². The van der Waals surface area contributed by atoms with Crippen LogP contribution in [0.4, 0.5) is 14.9 Å². The molecule has 4 amide bonds. The predicted octanol–water partition coefficient (Wildman–Crippen LogP) is 3.90. The van der Waals surface area contributed by atoms with Gasteiger partial charge in [-0.25, -0.2) is 14.1 Å². The van der Waals surface area contributed by atoms with E-state index < -0.39 is 36.3 Å². The van der Waals surface area contributed by atoms with Crippen LogP contribution in [0.15, 0.2) is 42.5 Å². The predicted molar refractivity (Wildman–Crippen MR) is 97.5 cm³/mol. The van der Waals surface area contributed by atoms with E-state index >= 15 is 0 Å². The van der Waals surface area contributed by atoms with Gasteiger partial charge in [0.2, 0.25) is 0 Å². The van der Waals surface area contributed by atoms with E-state index in [-0.39, 0.29) is 16.5 Å². The van der Waals surface area contributed by atoms with E-state index in [4.69, 9.17) is 27.9 Å². The Balaban J connectivity index is 1.75. The third-order valence-electron chi connectivity index (χ3n) is 3.86. The molecule has 3 rings (SSSR count). The highest BCUT2D eigenvalue weighted by atomic mass is 35.5. The molecule has 9 heteroatoms. The van der Waals surface area contributed by atoms with Crippen molar-refractivity contribution in [3.05, 3.63) is 58.3 Å². The maximum Gasteiger partial charge on any atom is 0.338 e. The molecule has 0 radical (unpaired) electrons. The Morgan fingerprint density at radius 3 is 2.44 bits per heavy atom. The summed E-state index contributed by atoms with van der Waals surface area (Å²) in [5.74, 6) is -1.59. The Hall–Kier alpha value is -2.64. The quantitative estimate of drug-likeness (QED) is 0.716. The molecule has 1 aliphatic heterocycles. The number of urea groups is 1. The second kappa shape index (κ2) is 7.54. The van der Waals surface area contributed by atoms with Crippen LogP contribution in [-0.4, -0.2) is 35.4 Å². The molecule has 1 unspecified atom stereocenters. The van der Waals surface area contributed by atoms with Gasteiger partial charge >= 0.3 is 6.03 Å². The van der Waals surface area contributed by atoms with Crippen LogP contribution in [0.25, 0.3) is 0 Å². The number of carbonyl (C=O) groups is 3. The number of hydrogen-bond acceptors (Lipinski definition) is 4. The number of ether oxygens (including phenoxy) is 1. The molecule has 0 bridgehead atoms. The minimum Gasteiger partial charge on any atom is -0.479 e. The highest BCUT2D eigenvalue weighted by molar-refractivity contribution is 6.35. The minimum absolute atomic E-state index is 0.177. The van der Waals surface area contributed by atoms with Gasteiger partial charge in [0.1, 0.15) is 18.1 Å². The summed E-state index contributed by atoms with van der Waals surface area (Å²) in [6.45, 7) is 1.00. The highest BCUT2D eigenvalue weighted by Gasteiger charge is 2.42. The van der Waals surface area contributed by atoms with Crippen molar-refractivity contribution in [2.75, 3.05) is 11.4 Å². The molecule has 0 aromatic heterocycles. The number of amides is 4. The molecule has 0 saturated carbocycles. The van der Waals surface area contributed by atoms with E-state index in [1.807, 2.05) is 0 Å². The molecule has 2 aromatic carbocycles. The highest BCUT2D eigenvalue weighted by Crippen LogP contribution is 2.29. The molecule has 2 aromatic rings. The average molecular weight is 411 g/mol. The monoisotopic (exact) mass is 410 g/mol. The van der Waals surface area contributed by atoms with E-state index in [2.05, 4.69) is 0 Å². The van der Waals surface area contributed by atoms with E-state index in [0.717, 1.165) is 21.9 Å². The number of carbonyl (C=O) groups excluding carboxylic acids is 3. The molecule has 1 atom stereocenters. The fourth-order valence-electron chi connectivity index (χ4n) is 2.55. The second-order valence-electron chi connectivity index (χ2n) is 5.75. The third-order valence-corrected chi connectivity index (χ3v) is 4.39. The Labute approximate surface area is 164 Å². The van der Waals surface area contributed by atoms with Crippen LogP contribution in [0.1, 0.15) is 6.92 Å². The van der Waals surface area contributed by atoms with Crippen molar-refractivity contribution in [3.63, 3.8) is 0 Å². The fraction of sp³-hybridized carbons (Fsp3) is 0.167. The van der Waals surface area contributed by atoms with Crippen molar-refractivity contribution in [1.29, 1.82) is 0 Å². The molecule has 1 saturated heterocycles. The molecule has 1 aliphatic rings. The minimum atomic E-state index is -1.08. The molecule has 1 fully saturated rings. The molecule has 1 heterocycles. The van der Waals surface area contributed by atoms with Crippen LogP contribution in [0.3, 0.4) is 0 Å². The van der Waals surface area contributed by atoms with Gasteiger partial charge in [-0.1, -0.05) is 23.2 Å². The van der Waals surface area contributed by atoms with E-state index in [1.54, 1.807) is 6.07 Å². The number of anilines is 1. The van der Waals surface area contributed by atoms with Gasteiger partial charge in [-0.15, -0.1) is 0 Å². The number of rotatable bonds is 4. The van der Waals surface area contributed by atoms with Gasteiger partial charge in [-0.2, -0.15) is 0 Å². The van der Waals surface area contributed by atoms with E-state index in [9.17, 15) is 18.8 Å². The Morgan fingerprint density at radius 1 is 1.15 bits per heavy atom. The van der Waals surface area contributed by atoms with Crippen molar-refractivity contribution in [3.8, 4) is 5.75 Å². The van der Waals surface area contributed by atoms with Crippen molar-refractivity contribution < 1.29 is 23.5 Å². The van der Waals surface area contributed by atoms with Crippen LogP contribution in [0, 0.1) is 5.82 Å². The molecule has 0 aliphatic carbocycles. The van der Waals surface area contributed by atoms with Gasteiger partial charge in [0.15, 0.2) is 6.10 Å². The van der Waals surface area contributed by atoms with Crippen molar-refractivity contribution >= 4 is 46.7 Å². The topological polar surface area (TPSA) is 66.9 Å². The summed E-state index contributed by atoms with van der Waals surface area (Å²) < 4.78 is 18.6. The van der Waals surface area contributed by atoms with Gasteiger partial charge in [-0.05, 0) is 49.4 Å². The van der Waals surface area contributed by atoms with Crippen LogP contribution in [0.5, 0.6) is 5.75 Å². The molecule has 140 valence electrons. The molecular formula is C18H13Cl2FN2O4. The van der Waals surface area contributed by atoms with Crippen molar-refractivity contribution in [2.24, 2.45) is 0 Å². The van der Waals surface area contributed by atoms with Crippen molar-refractivity contribution in [2.45, 2.75) is 13.0 Å². The number of halogens is 3. The smallest absolute Gasteiger partial charge is 0.338 e. The van der Waals surface area contributed by atoms with E-state index in [1.165, 1.54) is 31.2 Å². The van der Waals surface area contributed by atoms with Gasteiger partial charge in [0.25, 0.3) is 11.8 Å². The van der Waals surface area contributed by atoms with E-state index in [0.29, 0.717) is 5.02 Å². The number of benzene rings is 2. The van der Waals surface area contributed by atoms with Crippen LogP contribution >= 0.6 is 23.2 Å². The fourth-order valence-corrected chi connectivity index (χ4v) is 3.00. The summed E-state index contributed by atoms with van der Waals surface area (Å²) in [4.78, 5) is 38.9. The first-order valence-corrected chi connectivity index (χ1v) is 8.59. The Morgan fingerprint density at radius 2 is 1.81 bits per heavy atom. The summed E-state index contributed by atoms with van der Waals surface area (Å²) in [5, 5.41) is 0.612. The lowest BCUT2D eigenvalue weighted by Crippen LogP contribution is -2.43. The lowest BCUT2D eigenvalue weighted by molar-refractivity contribution is -0.135. The largest absolute Gasteiger partial charge is 0.479 e. The lowest BCUT2D eigenvalue weighted by atomic mass is 10.3. The van der Waals surface area contributed by atoms with Gasteiger partial charge < -0.3 is 4.74 Å². The summed E-state index contributed by atoms with van der Waals surface area (Å²) >= 11 is 11.8. The Kier molecular flexibility index (Phi) is 5.34. The zero-order valence-corrected chi connectivity index (χ0v) is 15.5. The maximum absolute atomic E-state index is 13.1. The number of nitrogens with zero attached hydrogens (tertiary/aromatic N) is 2. The molecule has 6 nitrogen and oxygen atoms in total. The molecule has 27 heavy (non-hydrogen) atoms. The van der Waals surface area contributed by atoms with Gasteiger partial charge in [0.05, 0.1) is 10.7 Å². The number of hydrogen-bond donors (Lipinski definition) is 0. The standard InChI is InChI=1S/C18H13Cl2FN2O4/c1-10(27-15-7-2-11(19)8-14(15)20)17(25)22-9-16(24)23(18(22)26)13-5-3-12(21)4-6-13/h2-8,10H,9H2,1H3. The third kappa shape index (κ3) is 3.89. The van der Waals surface area contributed by atoms with Crippen molar-refractivity contribution in [1.82, 2.24) is 4.90 Å². The summed E-state index contributed by atoms with van der Waals surface area (Å²) in [7, 11) is 0. The average Bonchev–Trinajstić information content (AvgIpc) is 2.92. The summed E-state index contributed by atoms with van der Waals surface area (Å²) in [6, 6.07) is 8.48. The van der Waals surface area contributed by atoms with Crippen LogP contribution in [-0.2, 0) is 9.59 Å². The first-order valence-electron chi connectivity index (χ1n) is 7.83. The van der Waals surface area contributed by atoms with Crippen LogP contribution in [0.2, 0.25) is 10.0 Å². The molecular weight excluding hydrogens is 398 g/mol. The number of imide groups is 2. The summed E-state index contributed by atoms with van der Waals surface area (Å²) in [5.41, 5.74) is 0.177. The molecule has 0 spiro atoms. The summed E-state index contributed by atoms with van der Waals surface area (Å²) in [6.07, 6.45) is -1.08. The first kappa shape index (κ1) is 19.1.